The summed E-state index contributed by atoms with van der Waals surface area (Å²) in [4.78, 5) is 12.7. The van der Waals surface area contributed by atoms with Crippen molar-refractivity contribution in [2.75, 3.05) is 10.6 Å². The number of anilines is 2. The highest BCUT2D eigenvalue weighted by molar-refractivity contribution is 5.47. The van der Waals surface area contributed by atoms with Gasteiger partial charge in [-0.3, -0.25) is 4.98 Å². The van der Waals surface area contributed by atoms with Crippen molar-refractivity contribution in [2.45, 2.75) is 32.9 Å². The molecule has 0 amide bonds. The van der Waals surface area contributed by atoms with E-state index in [4.69, 9.17) is 0 Å². The molecule has 0 bridgehead atoms. The van der Waals surface area contributed by atoms with E-state index in [-0.39, 0.29) is 5.54 Å². The standard InChI is InChI=1S/C14H19N5/c1-14(2,3)19-13-8-12(17-10-18-13)16-9-11-6-4-5-7-15-11/h4-8,10H,9H2,1-3H3,(H2,16,17,18,19). The topological polar surface area (TPSA) is 62.7 Å². The highest BCUT2D eigenvalue weighted by Gasteiger charge is 2.10. The maximum Gasteiger partial charge on any atom is 0.131 e. The summed E-state index contributed by atoms with van der Waals surface area (Å²) < 4.78 is 0. The van der Waals surface area contributed by atoms with Crippen LogP contribution in [-0.2, 0) is 6.54 Å². The summed E-state index contributed by atoms with van der Waals surface area (Å²) in [6.07, 6.45) is 3.33. The Labute approximate surface area is 113 Å². The lowest BCUT2D eigenvalue weighted by Gasteiger charge is -2.21. The van der Waals surface area contributed by atoms with E-state index in [1.165, 1.54) is 0 Å². The second-order valence-electron chi connectivity index (χ2n) is 5.34. The van der Waals surface area contributed by atoms with Crippen LogP contribution in [0.25, 0.3) is 0 Å². The van der Waals surface area contributed by atoms with Gasteiger partial charge in [0.2, 0.25) is 0 Å². The number of hydrogen-bond acceptors (Lipinski definition) is 5. The van der Waals surface area contributed by atoms with Gasteiger partial charge < -0.3 is 10.6 Å². The molecule has 5 nitrogen and oxygen atoms in total. The van der Waals surface area contributed by atoms with Crippen molar-refractivity contribution in [3.8, 4) is 0 Å². The molecule has 0 saturated carbocycles. The van der Waals surface area contributed by atoms with Gasteiger partial charge in [0.25, 0.3) is 0 Å². The molecule has 0 saturated heterocycles. The Morgan fingerprint density at radius 2 is 1.84 bits per heavy atom. The van der Waals surface area contributed by atoms with Gasteiger partial charge in [0.1, 0.15) is 18.0 Å². The van der Waals surface area contributed by atoms with Crippen molar-refractivity contribution in [1.29, 1.82) is 0 Å². The average Bonchev–Trinajstić information content (AvgIpc) is 2.36. The van der Waals surface area contributed by atoms with E-state index >= 15 is 0 Å². The van der Waals surface area contributed by atoms with E-state index in [1.807, 2.05) is 24.3 Å². The second-order valence-corrected chi connectivity index (χ2v) is 5.34. The van der Waals surface area contributed by atoms with Crippen LogP contribution in [0.5, 0.6) is 0 Å². The molecule has 100 valence electrons. The van der Waals surface area contributed by atoms with Crippen LogP contribution >= 0.6 is 0 Å². The summed E-state index contributed by atoms with van der Waals surface area (Å²) in [5.74, 6) is 1.60. The first-order valence-corrected chi connectivity index (χ1v) is 6.27. The predicted molar refractivity (Wildman–Crippen MR) is 77.0 cm³/mol. The van der Waals surface area contributed by atoms with Crippen molar-refractivity contribution in [2.24, 2.45) is 0 Å². The second kappa shape index (κ2) is 5.65. The van der Waals surface area contributed by atoms with Gasteiger partial charge in [-0.05, 0) is 32.9 Å². The van der Waals surface area contributed by atoms with Gasteiger partial charge in [-0.15, -0.1) is 0 Å². The Morgan fingerprint density at radius 1 is 1.05 bits per heavy atom. The minimum atomic E-state index is -0.0212. The normalized spacial score (nSPS) is 11.1. The lowest BCUT2D eigenvalue weighted by atomic mass is 10.1. The molecule has 2 N–H and O–H groups in total. The number of aromatic nitrogens is 3. The SMILES string of the molecule is CC(C)(C)Nc1cc(NCc2ccccn2)ncn1. The third-order valence-electron chi connectivity index (χ3n) is 2.35. The van der Waals surface area contributed by atoms with Crippen molar-refractivity contribution in [1.82, 2.24) is 15.0 Å². The molecular weight excluding hydrogens is 238 g/mol. The third kappa shape index (κ3) is 4.54. The van der Waals surface area contributed by atoms with Crippen LogP contribution in [-0.4, -0.2) is 20.5 Å². The van der Waals surface area contributed by atoms with E-state index in [1.54, 1.807) is 12.5 Å². The van der Waals surface area contributed by atoms with E-state index in [0.717, 1.165) is 17.3 Å². The number of nitrogens with one attached hydrogen (secondary N) is 2. The highest BCUT2D eigenvalue weighted by atomic mass is 15.1. The summed E-state index contributed by atoms with van der Waals surface area (Å²) in [6, 6.07) is 7.74. The molecule has 2 aromatic rings. The Morgan fingerprint density at radius 3 is 2.53 bits per heavy atom. The maximum absolute atomic E-state index is 4.25. The van der Waals surface area contributed by atoms with Gasteiger partial charge >= 0.3 is 0 Å². The molecule has 2 aromatic heterocycles. The molecule has 19 heavy (non-hydrogen) atoms. The monoisotopic (exact) mass is 257 g/mol. The first-order chi connectivity index (χ1) is 9.03. The number of rotatable bonds is 4. The largest absolute Gasteiger partial charge is 0.365 e. The van der Waals surface area contributed by atoms with E-state index in [0.29, 0.717) is 6.54 Å². The Kier molecular flexibility index (Phi) is 3.94. The zero-order valence-electron chi connectivity index (χ0n) is 11.5. The number of nitrogens with zero attached hydrogens (tertiary/aromatic N) is 3. The number of pyridine rings is 1. The minimum Gasteiger partial charge on any atom is -0.365 e. The summed E-state index contributed by atoms with van der Waals surface area (Å²) >= 11 is 0. The fourth-order valence-corrected chi connectivity index (χ4v) is 1.59. The summed E-state index contributed by atoms with van der Waals surface area (Å²) in [6.45, 7) is 6.93. The van der Waals surface area contributed by atoms with Crippen molar-refractivity contribution in [3.63, 3.8) is 0 Å². The maximum atomic E-state index is 4.25. The average molecular weight is 257 g/mol. The Balaban J connectivity index is 1.99. The first kappa shape index (κ1) is 13.3. The Bertz CT molecular complexity index is 519. The third-order valence-corrected chi connectivity index (χ3v) is 2.35. The van der Waals surface area contributed by atoms with Gasteiger partial charge in [0.05, 0.1) is 12.2 Å². The zero-order chi connectivity index (χ0) is 13.7. The van der Waals surface area contributed by atoms with Crippen LogP contribution in [0.15, 0.2) is 36.8 Å². The quantitative estimate of drug-likeness (QED) is 0.881. The first-order valence-electron chi connectivity index (χ1n) is 6.27. The molecule has 0 atom stereocenters. The molecule has 0 fully saturated rings. The van der Waals surface area contributed by atoms with Gasteiger partial charge in [0, 0.05) is 17.8 Å². The van der Waals surface area contributed by atoms with Gasteiger partial charge in [-0.25, -0.2) is 9.97 Å². The molecule has 0 aliphatic rings. The summed E-state index contributed by atoms with van der Waals surface area (Å²) in [7, 11) is 0. The van der Waals surface area contributed by atoms with Crippen molar-refractivity contribution in [3.05, 3.63) is 42.5 Å². The summed E-state index contributed by atoms with van der Waals surface area (Å²) in [5, 5.41) is 6.55. The molecule has 0 spiro atoms. The Hall–Kier alpha value is -2.17. The van der Waals surface area contributed by atoms with Crippen molar-refractivity contribution >= 4 is 11.6 Å². The van der Waals surface area contributed by atoms with Crippen LogP contribution in [0.1, 0.15) is 26.5 Å². The molecule has 0 unspecified atom stereocenters. The molecule has 2 heterocycles. The predicted octanol–water partition coefficient (Wildman–Crippen LogP) is 2.69. The smallest absolute Gasteiger partial charge is 0.131 e. The molecular formula is C14H19N5. The van der Waals surface area contributed by atoms with Crippen LogP contribution in [0.4, 0.5) is 11.6 Å². The lowest BCUT2D eigenvalue weighted by Crippen LogP contribution is -2.26. The minimum absolute atomic E-state index is 0.0212. The van der Waals surface area contributed by atoms with E-state index < -0.39 is 0 Å². The lowest BCUT2D eigenvalue weighted by molar-refractivity contribution is 0.630. The molecule has 0 aliphatic heterocycles. The van der Waals surface area contributed by atoms with Crippen molar-refractivity contribution < 1.29 is 0 Å². The molecule has 0 radical (unpaired) electrons. The van der Waals surface area contributed by atoms with Gasteiger partial charge in [0.15, 0.2) is 0 Å². The van der Waals surface area contributed by atoms with Crippen LogP contribution < -0.4 is 10.6 Å². The van der Waals surface area contributed by atoms with Gasteiger partial charge in [-0.1, -0.05) is 6.07 Å². The van der Waals surface area contributed by atoms with E-state index in [9.17, 15) is 0 Å². The van der Waals surface area contributed by atoms with Crippen LogP contribution in [0.3, 0.4) is 0 Å². The van der Waals surface area contributed by atoms with E-state index in [2.05, 4.69) is 46.4 Å². The number of hydrogen-bond donors (Lipinski definition) is 2. The fraction of sp³-hybridized carbons (Fsp3) is 0.357. The molecule has 2 rings (SSSR count). The van der Waals surface area contributed by atoms with Gasteiger partial charge in [-0.2, -0.15) is 0 Å². The van der Waals surface area contributed by atoms with Crippen LogP contribution in [0.2, 0.25) is 0 Å². The molecule has 0 aromatic carbocycles. The molecule has 5 heteroatoms. The fourth-order valence-electron chi connectivity index (χ4n) is 1.59. The zero-order valence-corrected chi connectivity index (χ0v) is 11.5. The van der Waals surface area contributed by atoms with Crippen LogP contribution in [0, 0.1) is 0 Å². The summed E-state index contributed by atoms with van der Waals surface area (Å²) in [5.41, 5.74) is 0.957. The molecule has 0 aliphatic carbocycles. The highest BCUT2D eigenvalue weighted by Crippen LogP contribution is 2.14.